The molecule has 0 spiro atoms. The lowest BCUT2D eigenvalue weighted by Crippen LogP contribution is -2.42. The number of aliphatic hydroxyl groups is 1. The molecule has 1 aromatic rings. The van der Waals surface area contributed by atoms with Gasteiger partial charge in [0.15, 0.2) is 0 Å². The van der Waals surface area contributed by atoms with Crippen LogP contribution in [0.2, 0.25) is 0 Å². The first-order valence-corrected chi connectivity index (χ1v) is 6.13. The Kier molecular flexibility index (Phi) is 3.48. The van der Waals surface area contributed by atoms with Gasteiger partial charge in [0.25, 0.3) is 5.91 Å². The summed E-state index contributed by atoms with van der Waals surface area (Å²) in [5.41, 5.74) is 2.94. The number of hydrogen-bond acceptors (Lipinski definition) is 2. The van der Waals surface area contributed by atoms with Crippen LogP contribution in [0.15, 0.2) is 18.2 Å². The maximum atomic E-state index is 12.3. The van der Waals surface area contributed by atoms with Crippen molar-refractivity contribution in [3.05, 3.63) is 34.9 Å². The second-order valence-electron chi connectivity index (χ2n) is 4.79. The van der Waals surface area contributed by atoms with Gasteiger partial charge in [-0.05, 0) is 43.9 Å². The summed E-state index contributed by atoms with van der Waals surface area (Å²) in [5.74, 6) is 0.0463. The maximum Gasteiger partial charge on any atom is 0.254 e. The highest BCUT2D eigenvalue weighted by Crippen LogP contribution is 2.18. The number of likely N-dealkylation sites (tertiary alicyclic amines) is 1. The standard InChI is InChI=1S/C14H19NO2/c1-10-5-3-7-13(11(10)2)14(17)15-8-4-6-12(16)9-15/h3,5,7,12,16H,4,6,8-9H2,1-2H3. The Labute approximate surface area is 102 Å². The van der Waals surface area contributed by atoms with Crippen LogP contribution in [0.5, 0.6) is 0 Å². The van der Waals surface area contributed by atoms with Crippen molar-refractivity contribution in [1.29, 1.82) is 0 Å². The van der Waals surface area contributed by atoms with E-state index in [1.54, 1.807) is 4.90 Å². The van der Waals surface area contributed by atoms with Crippen molar-refractivity contribution in [2.45, 2.75) is 32.8 Å². The minimum Gasteiger partial charge on any atom is -0.391 e. The summed E-state index contributed by atoms with van der Waals surface area (Å²) >= 11 is 0. The molecule has 0 bridgehead atoms. The molecule has 0 radical (unpaired) electrons. The first kappa shape index (κ1) is 12.1. The van der Waals surface area contributed by atoms with E-state index in [9.17, 15) is 9.90 Å². The zero-order valence-corrected chi connectivity index (χ0v) is 10.4. The molecule has 0 saturated carbocycles. The van der Waals surface area contributed by atoms with Gasteiger partial charge in [0.05, 0.1) is 6.10 Å². The number of carbonyl (C=O) groups excluding carboxylic acids is 1. The summed E-state index contributed by atoms with van der Waals surface area (Å²) in [5, 5.41) is 9.61. The van der Waals surface area contributed by atoms with Gasteiger partial charge in [-0.2, -0.15) is 0 Å². The molecule has 1 aliphatic heterocycles. The van der Waals surface area contributed by atoms with Gasteiger partial charge < -0.3 is 10.0 Å². The van der Waals surface area contributed by atoms with Gasteiger partial charge in [-0.3, -0.25) is 4.79 Å². The molecule has 3 heteroatoms. The molecule has 1 aliphatic rings. The highest BCUT2D eigenvalue weighted by Gasteiger charge is 2.24. The number of piperidine rings is 1. The van der Waals surface area contributed by atoms with Crippen LogP contribution in [0.4, 0.5) is 0 Å². The highest BCUT2D eigenvalue weighted by molar-refractivity contribution is 5.96. The molecular weight excluding hydrogens is 214 g/mol. The lowest BCUT2D eigenvalue weighted by Gasteiger charge is -2.30. The van der Waals surface area contributed by atoms with E-state index >= 15 is 0 Å². The molecule has 0 aliphatic carbocycles. The summed E-state index contributed by atoms with van der Waals surface area (Å²) in [6, 6.07) is 5.79. The number of aryl methyl sites for hydroxylation is 1. The van der Waals surface area contributed by atoms with Gasteiger partial charge in [0.2, 0.25) is 0 Å². The van der Waals surface area contributed by atoms with E-state index in [0.717, 1.165) is 36.1 Å². The van der Waals surface area contributed by atoms with Crippen LogP contribution in [0.3, 0.4) is 0 Å². The summed E-state index contributed by atoms with van der Waals surface area (Å²) in [7, 11) is 0. The number of amides is 1. The molecule has 3 nitrogen and oxygen atoms in total. The van der Waals surface area contributed by atoms with Crippen molar-refractivity contribution in [3.63, 3.8) is 0 Å². The van der Waals surface area contributed by atoms with E-state index in [1.165, 1.54) is 0 Å². The van der Waals surface area contributed by atoms with Crippen LogP contribution in [0, 0.1) is 13.8 Å². The van der Waals surface area contributed by atoms with Gasteiger partial charge in [0, 0.05) is 18.7 Å². The smallest absolute Gasteiger partial charge is 0.254 e. The predicted octanol–water partition coefficient (Wildman–Crippen LogP) is 1.90. The van der Waals surface area contributed by atoms with Crippen LogP contribution in [0.1, 0.15) is 34.3 Å². The third-order valence-corrected chi connectivity index (χ3v) is 3.52. The zero-order valence-electron chi connectivity index (χ0n) is 10.4. The highest BCUT2D eigenvalue weighted by atomic mass is 16.3. The van der Waals surface area contributed by atoms with E-state index in [-0.39, 0.29) is 12.0 Å². The Bertz CT molecular complexity index is 428. The van der Waals surface area contributed by atoms with Gasteiger partial charge in [-0.25, -0.2) is 0 Å². The maximum absolute atomic E-state index is 12.3. The lowest BCUT2D eigenvalue weighted by molar-refractivity contribution is 0.0473. The van der Waals surface area contributed by atoms with Crippen molar-refractivity contribution < 1.29 is 9.90 Å². The van der Waals surface area contributed by atoms with Gasteiger partial charge >= 0.3 is 0 Å². The average molecular weight is 233 g/mol. The fraction of sp³-hybridized carbons (Fsp3) is 0.500. The summed E-state index contributed by atoms with van der Waals surface area (Å²) in [4.78, 5) is 14.1. The number of benzene rings is 1. The predicted molar refractivity (Wildman–Crippen MR) is 67.1 cm³/mol. The molecule has 17 heavy (non-hydrogen) atoms. The van der Waals surface area contributed by atoms with E-state index in [4.69, 9.17) is 0 Å². The molecule has 1 N–H and O–H groups in total. The van der Waals surface area contributed by atoms with Crippen LogP contribution in [0.25, 0.3) is 0 Å². The van der Waals surface area contributed by atoms with Crippen molar-refractivity contribution in [3.8, 4) is 0 Å². The number of carbonyl (C=O) groups is 1. The Morgan fingerprint density at radius 1 is 1.41 bits per heavy atom. The van der Waals surface area contributed by atoms with E-state index < -0.39 is 0 Å². The quantitative estimate of drug-likeness (QED) is 0.804. The molecule has 1 unspecified atom stereocenters. The van der Waals surface area contributed by atoms with Crippen LogP contribution in [-0.4, -0.2) is 35.1 Å². The summed E-state index contributed by atoms with van der Waals surface area (Å²) < 4.78 is 0. The molecule has 1 fully saturated rings. The normalized spacial score (nSPS) is 20.4. The monoisotopic (exact) mass is 233 g/mol. The molecule has 92 valence electrons. The Balaban J connectivity index is 2.22. The van der Waals surface area contributed by atoms with Gasteiger partial charge in [0.1, 0.15) is 0 Å². The number of hydrogen-bond donors (Lipinski definition) is 1. The van der Waals surface area contributed by atoms with E-state index in [1.807, 2.05) is 32.0 Å². The molecule has 0 aromatic heterocycles. The van der Waals surface area contributed by atoms with E-state index in [2.05, 4.69) is 0 Å². The molecule has 1 amide bonds. The van der Waals surface area contributed by atoms with Crippen LogP contribution in [-0.2, 0) is 0 Å². The molecule has 1 heterocycles. The zero-order chi connectivity index (χ0) is 12.4. The second kappa shape index (κ2) is 4.88. The van der Waals surface area contributed by atoms with Crippen LogP contribution < -0.4 is 0 Å². The largest absolute Gasteiger partial charge is 0.391 e. The molecule has 1 saturated heterocycles. The average Bonchev–Trinajstić information content (AvgIpc) is 2.32. The summed E-state index contributed by atoms with van der Waals surface area (Å²) in [6.45, 7) is 5.20. The van der Waals surface area contributed by atoms with Crippen molar-refractivity contribution in [2.24, 2.45) is 0 Å². The molecule has 1 atom stereocenters. The third-order valence-electron chi connectivity index (χ3n) is 3.52. The lowest BCUT2D eigenvalue weighted by atomic mass is 10.0. The van der Waals surface area contributed by atoms with Crippen molar-refractivity contribution in [1.82, 2.24) is 4.90 Å². The minimum absolute atomic E-state index is 0.0463. The van der Waals surface area contributed by atoms with Gasteiger partial charge in [-0.15, -0.1) is 0 Å². The van der Waals surface area contributed by atoms with Crippen molar-refractivity contribution >= 4 is 5.91 Å². The SMILES string of the molecule is Cc1cccc(C(=O)N2CCCC(O)C2)c1C. The number of rotatable bonds is 1. The topological polar surface area (TPSA) is 40.5 Å². The first-order chi connectivity index (χ1) is 8.09. The minimum atomic E-state index is -0.363. The van der Waals surface area contributed by atoms with Crippen LogP contribution >= 0.6 is 0 Å². The third kappa shape index (κ3) is 2.50. The molecular formula is C14H19NO2. The summed E-state index contributed by atoms with van der Waals surface area (Å²) in [6.07, 6.45) is 1.33. The Hall–Kier alpha value is -1.35. The second-order valence-corrected chi connectivity index (χ2v) is 4.79. The number of aliphatic hydroxyl groups excluding tert-OH is 1. The Morgan fingerprint density at radius 2 is 2.18 bits per heavy atom. The number of nitrogens with zero attached hydrogens (tertiary/aromatic N) is 1. The van der Waals surface area contributed by atoms with E-state index in [0.29, 0.717) is 6.54 Å². The van der Waals surface area contributed by atoms with Gasteiger partial charge in [-0.1, -0.05) is 12.1 Å². The fourth-order valence-corrected chi connectivity index (χ4v) is 2.29. The number of β-amino-alcohol motifs (C(OH)–C–C–N with tert-alkyl or cyclic N) is 1. The molecule has 2 rings (SSSR count). The fourth-order valence-electron chi connectivity index (χ4n) is 2.29. The molecule has 1 aromatic carbocycles. The van der Waals surface area contributed by atoms with Crippen molar-refractivity contribution in [2.75, 3.05) is 13.1 Å². The first-order valence-electron chi connectivity index (χ1n) is 6.13. The Morgan fingerprint density at radius 3 is 2.88 bits per heavy atom.